The molecule has 0 saturated heterocycles. The number of imidazole rings is 1. The molecular formula is C10H9ClN4O. The van der Waals surface area contributed by atoms with Crippen LogP contribution in [0.1, 0.15) is 16.3 Å². The number of nitrogens with zero attached hydrogens (tertiary/aromatic N) is 2. The number of pyridine rings is 1. The van der Waals surface area contributed by atoms with E-state index in [0.29, 0.717) is 17.3 Å². The van der Waals surface area contributed by atoms with Gasteiger partial charge in [-0.15, -0.1) is 0 Å². The van der Waals surface area contributed by atoms with Crippen molar-refractivity contribution in [1.29, 1.82) is 0 Å². The number of aromatic amines is 1. The molecule has 2 rings (SSSR count). The Kier molecular flexibility index (Phi) is 3.16. The van der Waals surface area contributed by atoms with E-state index in [-0.39, 0.29) is 11.7 Å². The zero-order chi connectivity index (χ0) is 11.4. The molecule has 0 unspecified atom stereocenters. The number of H-pyrrole nitrogens is 1. The van der Waals surface area contributed by atoms with Crippen LogP contribution in [0.5, 0.6) is 0 Å². The quantitative estimate of drug-likeness (QED) is 0.846. The summed E-state index contributed by atoms with van der Waals surface area (Å²) >= 11 is 5.79. The first-order chi connectivity index (χ1) is 7.75. The monoisotopic (exact) mass is 236 g/mol. The average Bonchev–Trinajstić information content (AvgIpc) is 2.79. The first kappa shape index (κ1) is 10.6. The SMILES string of the molecule is O=C(NCc1cc(Cl)ccn1)c1ncc[nH]1. The second kappa shape index (κ2) is 4.76. The van der Waals surface area contributed by atoms with Gasteiger partial charge in [0.25, 0.3) is 5.91 Å². The molecule has 6 heteroatoms. The van der Waals surface area contributed by atoms with Gasteiger partial charge < -0.3 is 10.3 Å². The lowest BCUT2D eigenvalue weighted by Gasteiger charge is -2.02. The number of aromatic nitrogens is 3. The molecular weight excluding hydrogens is 228 g/mol. The highest BCUT2D eigenvalue weighted by molar-refractivity contribution is 6.30. The summed E-state index contributed by atoms with van der Waals surface area (Å²) in [5.74, 6) is 0.00815. The molecule has 0 spiro atoms. The largest absolute Gasteiger partial charge is 0.344 e. The van der Waals surface area contributed by atoms with Crippen molar-refractivity contribution in [2.75, 3.05) is 0 Å². The maximum atomic E-state index is 11.5. The fraction of sp³-hybridized carbons (Fsp3) is 0.100. The Labute approximate surface area is 96.9 Å². The van der Waals surface area contributed by atoms with Gasteiger partial charge in [0.05, 0.1) is 12.2 Å². The fourth-order valence-electron chi connectivity index (χ4n) is 1.19. The van der Waals surface area contributed by atoms with Crippen molar-refractivity contribution in [1.82, 2.24) is 20.3 Å². The minimum Gasteiger partial charge on any atom is -0.344 e. The smallest absolute Gasteiger partial charge is 0.287 e. The van der Waals surface area contributed by atoms with Gasteiger partial charge in [-0.25, -0.2) is 4.98 Å². The van der Waals surface area contributed by atoms with E-state index in [1.54, 1.807) is 24.5 Å². The molecule has 5 nitrogen and oxygen atoms in total. The maximum Gasteiger partial charge on any atom is 0.287 e. The molecule has 0 aromatic carbocycles. The molecule has 1 amide bonds. The van der Waals surface area contributed by atoms with Crippen LogP contribution in [-0.2, 0) is 6.54 Å². The number of amides is 1. The van der Waals surface area contributed by atoms with Crippen LogP contribution in [0.4, 0.5) is 0 Å². The van der Waals surface area contributed by atoms with Gasteiger partial charge in [0, 0.05) is 23.6 Å². The lowest BCUT2D eigenvalue weighted by Crippen LogP contribution is -2.24. The van der Waals surface area contributed by atoms with Gasteiger partial charge in [0.15, 0.2) is 5.82 Å². The molecule has 2 aromatic heterocycles. The van der Waals surface area contributed by atoms with Crippen LogP contribution in [0.2, 0.25) is 5.02 Å². The topological polar surface area (TPSA) is 70.7 Å². The minimum atomic E-state index is -0.272. The molecule has 0 aliphatic rings. The number of carbonyl (C=O) groups excluding carboxylic acids is 1. The second-order valence-electron chi connectivity index (χ2n) is 3.09. The minimum absolute atomic E-state index is 0.272. The molecule has 0 bridgehead atoms. The normalized spacial score (nSPS) is 10.1. The lowest BCUT2D eigenvalue weighted by atomic mass is 10.3. The third kappa shape index (κ3) is 2.58. The summed E-state index contributed by atoms with van der Waals surface area (Å²) in [4.78, 5) is 22.1. The van der Waals surface area contributed by atoms with Crippen molar-refractivity contribution < 1.29 is 4.79 Å². The number of rotatable bonds is 3. The standard InChI is InChI=1S/C10H9ClN4O/c11-7-1-2-12-8(5-7)6-15-10(16)9-13-3-4-14-9/h1-5H,6H2,(H,13,14)(H,15,16). The van der Waals surface area contributed by atoms with Crippen molar-refractivity contribution in [2.45, 2.75) is 6.54 Å². The van der Waals surface area contributed by atoms with Gasteiger partial charge in [-0.2, -0.15) is 0 Å². The summed E-state index contributed by atoms with van der Waals surface area (Å²) in [6.07, 6.45) is 4.70. The first-order valence-corrected chi connectivity index (χ1v) is 5.01. The molecule has 82 valence electrons. The Morgan fingerprint density at radius 3 is 3.00 bits per heavy atom. The van der Waals surface area contributed by atoms with Crippen LogP contribution < -0.4 is 5.32 Å². The van der Waals surface area contributed by atoms with Crippen LogP contribution in [0.25, 0.3) is 0 Å². The van der Waals surface area contributed by atoms with Crippen molar-refractivity contribution in [3.05, 3.63) is 47.3 Å². The summed E-state index contributed by atoms with van der Waals surface area (Å²) < 4.78 is 0. The molecule has 0 radical (unpaired) electrons. The van der Waals surface area contributed by atoms with Gasteiger partial charge in [0.2, 0.25) is 0 Å². The van der Waals surface area contributed by atoms with Crippen molar-refractivity contribution in [3.63, 3.8) is 0 Å². The third-order valence-electron chi connectivity index (χ3n) is 1.92. The molecule has 0 fully saturated rings. The molecule has 0 saturated carbocycles. The Hall–Kier alpha value is -1.88. The number of carbonyl (C=O) groups is 1. The van der Waals surface area contributed by atoms with Gasteiger partial charge in [-0.1, -0.05) is 11.6 Å². The summed E-state index contributed by atoms with van der Waals surface area (Å²) in [5, 5.41) is 3.27. The lowest BCUT2D eigenvalue weighted by molar-refractivity contribution is 0.0941. The van der Waals surface area contributed by atoms with E-state index < -0.39 is 0 Å². The van der Waals surface area contributed by atoms with E-state index in [4.69, 9.17) is 11.6 Å². The predicted molar refractivity (Wildman–Crippen MR) is 59.0 cm³/mol. The summed E-state index contributed by atoms with van der Waals surface area (Å²) in [5.41, 5.74) is 0.701. The molecule has 2 heterocycles. The van der Waals surface area contributed by atoms with Crippen molar-refractivity contribution in [3.8, 4) is 0 Å². The zero-order valence-corrected chi connectivity index (χ0v) is 9.03. The number of hydrogen-bond acceptors (Lipinski definition) is 3. The predicted octanol–water partition coefficient (Wildman–Crippen LogP) is 1.39. The molecule has 0 aliphatic heterocycles. The van der Waals surface area contributed by atoms with E-state index in [1.165, 1.54) is 6.20 Å². The van der Waals surface area contributed by atoms with Crippen LogP contribution in [0, 0.1) is 0 Å². The van der Waals surface area contributed by atoms with E-state index >= 15 is 0 Å². The fourth-order valence-corrected chi connectivity index (χ4v) is 1.37. The Bertz CT molecular complexity index is 483. The number of nitrogens with one attached hydrogen (secondary N) is 2. The molecule has 0 atom stereocenters. The van der Waals surface area contributed by atoms with E-state index in [0.717, 1.165) is 0 Å². The van der Waals surface area contributed by atoms with Gasteiger partial charge in [-0.05, 0) is 12.1 Å². The van der Waals surface area contributed by atoms with Crippen molar-refractivity contribution >= 4 is 17.5 Å². The Morgan fingerprint density at radius 2 is 2.31 bits per heavy atom. The van der Waals surface area contributed by atoms with Crippen LogP contribution in [0.3, 0.4) is 0 Å². The highest BCUT2D eigenvalue weighted by Crippen LogP contribution is 2.07. The van der Waals surface area contributed by atoms with Crippen molar-refractivity contribution in [2.24, 2.45) is 0 Å². The Morgan fingerprint density at radius 1 is 1.44 bits per heavy atom. The molecule has 2 aromatic rings. The van der Waals surface area contributed by atoms with Crippen LogP contribution in [0.15, 0.2) is 30.7 Å². The molecule has 0 aliphatic carbocycles. The number of hydrogen-bond donors (Lipinski definition) is 2. The Balaban J connectivity index is 1.95. The van der Waals surface area contributed by atoms with E-state index in [2.05, 4.69) is 20.3 Å². The van der Waals surface area contributed by atoms with Crippen LogP contribution >= 0.6 is 11.6 Å². The summed E-state index contributed by atoms with van der Waals surface area (Å²) in [7, 11) is 0. The van der Waals surface area contributed by atoms with E-state index in [1.807, 2.05) is 0 Å². The highest BCUT2D eigenvalue weighted by atomic mass is 35.5. The first-order valence-electron chi connectivity index (χ1n) is 4.64. The van der Waals surface area contributed by atoms with E-state index in [9.17, 15) is 4.79 Å². The van der Waals surface area contributed by atoms with Gasteiger partial charge in [-0.3, -0.25) is 9.78 Å². The average molecular weight is 237 g/mol. The second-order valence-corrected chi connectivity index (χ2v) is 3.52. The third-order valence-corrected chi connectivity index (χ3v) is 2.16. The maximum absolute atomic E-state index is 11.5. The molecule has 16 heavy (non-hydrogen) atoms. The number of halogens is 1. The van der Waals surface area contributed by atoms with Gasteiger partial charge in [0.1, 0.15) is 0 Å². The summed E-state index contributed by atoms with van der Waals surface area (Å²) in [6, 6.07) is 3.38. The molecule has 2 N–H and O–H groups in total. The highest BCUT2D eigenvalue weighted by Gasteiger charge is 2.07. The zero-order valence-electron chi connectivity index (χ0n) is 8.27. The summed E-state index contributed by atoms with van der Waals surface area (Å²) in [6.45, 7) is 0.320. The van der Waals surface area contributed by atoms with Gasteiger partial charge >= 0.3 is 0 Å². The van der Waals surface area contributed by atoms with Crippen LogP contribution in [-0.4, -0.2) is 20.9 Å².